The molecule has 0 aliphatic carbocycles. The molecule has 1 aliphatic rings. The van der Waals surface area contributed by atoms with Crippen LogP contribution in [0.25, 0.3) is 0 Å². The lowest BCUT2D eigenvalue weighted by Gasteiger charge is -2.38. The van der Waals surface area contributed by atoms with Gasteiger partial charge < -0.3 is 10.2 Å². The van der Waals surface area contributed by atoms with Gasteiger partial charge in [0.1, 0.15) is 0 Å². The smallest absolute Gasteiger partial charge is 0.153 e. The molecule has 0 spiro atoms. The van der Waals surface area contributed by atoms with Gasteiger partial charge in [-0.15, -0.1) is 0 Å². The van der Waals surface area contributed by atoms with E-state index in [0.717, 1.165) is 0 Å². The van der Waals surface area contributed by atoms with Gasteiger partial charge in [0.25, 0.3) is 0 Å². The van der Waals surface area contributed by atoms with Crippen LogP contribution in [-0.2, 0) is 9.84 Å². The molecule has 1 unspecified atom stereocenters. The Hall–Kier alpha value is -0.170. The molecule has 0 amide bonds. The van der Waals surface area contributed by atoms with E-state index in [2.05, 4.69) is 0 Å². The van der Waals surface area contributed by atoms with Crippen molar-refractivity contribution in [2.75, 3.05) is 37.8 Å². The summed E-state index contributed by atoms with van der Waals surface area (Å²) >= 11 is 0. The lowest BCUT2D eigenvalue weighted by Crippen LogP contribution is -2.52. The second-order valence-electron chi connectivity index (χ2n) is 5.06. The number of sulfone groups is 1. The Labute approximate surface area is 97.0 Å². The number of rotatable bonds is 4. The van der Waals surface area contributed by atoms with E-state index in [-0.39, 0.29) is 30.8 Å². The first kappa shape index (κ1) is 13.9. The summed E-state index contributed by atoms with van der Waals surface area (Å²) in [6.07, 6.45) is 0. The molecule has 0 aromatic carbocycles. The van der Waals surface area contributed by atoms with E-state index in [0.29, 0.717) is 13.1 Å². The standard InChI is InChI=1S/C10H21NO4S/c1-9-5-16(14,15)4-3-11(9)6-10(2,7-12)8-13/h9,12-13H,3-8H2,1-2H3. The Morgan fingerprint density at radius 1 is 1.38 bits per heavy atom. The molecule has 96 valence electrons. The second kappa shape index (κ2) is 5.00. The van der Waals surface area contributed by atoms with E-state index in [4.69, 9.17) is 0 Å². The Bertz CT molecular complexity index is 324. The van der Waals surface area contributed by atoms with Crippen LogP contribution in [0.2, 0.25) is 0 Å². The maximum Gasteiger partial charge on any atom is 0.153 e. The van der Waals surface area contributed by atoms with Crippen LogP contribution >= 0.6 is 0 Å². The van der Waals surface area contributed by atoms with Crippen molar-refractivity contribution in [3.8, 4) is 0 Å². The number of nitrogens with zero attached hydrogens (tertiary/aromatic N) is 1. The first-order valence-electron chi connectivity index (χ1n) is 5.48. The van der Waals surface area contributed by atoms with E-state index in [1.54, 1.807) is 6.92 Å². The highest BCUT2D eigenvalue weighted by Gasteiger charge is 2.33. The summed E-state index contributed by atoms with van der Waals surface area (Å²) in [5.74, 6) is 0.338. The van der Waals surface area contributed by atoms with Crippen molar-refractivity contribution in [1.29, 1.82) is 0 Å². The van der Waals surface area contributed by atoms with Gasteiger partial charge in [-0.3, -0.25) is 4.90 Å². The van der Waals surface area contributed by atoms with E-state index >= 15 is 0 Å². The molecule has 0 radical (unpaired) electrons. The summed E-state index contributed by atoms with van der Waals surface area (Å²) in [6.45, 7) is 4.48. The summed E-state index contributed by atoms with van der Waals surface area (Å²) < 4.78 is 22.8. The van der Waals surface area contributed by atoms with Crippen molar-refractivity contribution < 1.29 is 18.6 Å². The monoisotopic (exact) mass is 251 g/mol. The topological polar surface area (TPSA) is 77.8 Å². The van der Waals surface area contributed by atoms with Crippen LogP contribution in [0, 0.1) is 5.41 Å². The highest BCUT2D eigenvalue weighted by Crippen LogP contribution is 2.20. The highest BCUT2D eigenvalue weighted by molar-refractivity contribution is 7.91. The fourth-order valence-corrected chi connectivity index (χ4v) is 3.53. The van der Waals surface area contributed by atoms with Crippen molar-refractivity contribution >= 4 is 9.84 Å². The Balaban J connectivity index is 2.63. The van der Waals surface area contributed by atoms with Crippen molar-refractivity contribution in [2.24, 2.45) is 5.41 Å². The van der Waals surface area contributed by atoms with Crippen molar-refractivity contribution in [2.45, 2.75) is 19.9 Å². The fraction of sp³-hybridized carbons (Fsp3) is 1.00. The molecule has 1 rings (SSSR count). The third-order valence-electron chi connectivity index (χ3n) is 3.16. The molecule has 16 heavy (non-hydrogen) atoms. The van der Waals surface area contributed by atoms with Crippen LogP contribution in [0.5, 0.6) is 0 Å². The zero-order chi connectivity index (χ0) is 12.4. The average Bonchev–Trinajstić information content (AvgIpc) is 2.21. The summed E-state index contributed by atoms with van der Waals surface area (Å²) in [7, 11) is -2.90. The molecule has 0 aromatic heterocycles. The SMILES string of the molecule is CC1CS(=O)(=O)CCN1CC(C)(CO)CO. The van der Waals surface area contributed by atoms with E-state index in [9.17, 15) is 18.6 Å². The molecule has 1 aliphatic heterocycles. The molecule has 0 bridgehead atoms. The summed E-state index contributed by atoms with van der Waals surface area (Å²) in [6, 6.07) is -0.0452. The Morgan fingerprint density at radius 3 is 2.38 bits per heavy atom. The molecule has 1 atom stereocenters. The normalized spacial score (nSPS) is 26.9. The summed E-state index contributed by atoms with van der Waals surface area (Å²) in [5.41, 5.74) is -0.560. The molecule has 0 aromatic rings. The van der Waals surface area contributed by atoms with Crippen molar-refractivity contribution in [3.63, 3.8) is 0 Å². The zero-order valence-electron chi connectivity index (χ0n) is 9.89. The van der Waals surface area contributed by atoms with Crippen molar-refractivity contribution in [3.05, 3.63) is 0 Å². The predicted molar refractivity (Wildman–Crippen MR) is 62.0 cm³/mol. The quantitative estimate of drug-likeness (QED) is 0.677. The van der Waals surface area contributed by atoms with Gasteiger partial charge in [-0.05, 0) is 6.92 Å². The van der Waals surface area contributed by atoms with E-state index in [1.165, 1.54) is 0 Å². The van der Waals surface area contributed by atoms with Gasteiger partial charge in [0.15, 0.2) is 9.84 Å². The van der Waals surface area contributed by atoms with Gasteiger partial charge >= 0.3 is 0 Å². The van der Waals surface area contributed by atoms with Crippen LogP contribution in [-0.4, -0.2) is 67.4 Å². The van der Waals surface area contributed by atoms with E-state index < -0.39 is 15.3 Å². The molecule has 1 fully saturated rings. The third kappa shape index (κ3) is 3.41. The molecule has 1 heterocycles. The summed E-state index contributed by atoms with van der Waals surface area (Å²) in [5, 5.41) is 18.4. The maximum atomic E-state index is 11.4. The van der Waals surface area contributed by atoms with Gasteiger partial charge in [0, 0.05) is 24.5 Å². The zero-order valence-corrected chi connectivity index (χ0v) is 10.7. The van der Waals surface area contributed by atoms with Gasteiger partial charge in [-0.1, -0.05) is 6.92 Å². The molecule has 0 saturated carbocycles. The number of aliphatic hydroxyl groups is 2. The average molecular weight is 251 g/mol. The number of aliphatic hydroxyl groups excluding tert-OH is 2. The lowest BCUT2D eigenvalue weighted by atomic mass is 9.92. The molecule has 2 N–H and O–H groups in total. The van der Waals surface area contributed by atoms with Gasteiger partial charge in [-0.25, -0.2) is 8.42 Å². The lowest BCUT2D eigenvalue weighted by molar-refractivity contribution is 0.0273. The highest BCUT2D eigenvalue weighted by atomic mass is 32.2. The van der Waals surface area contributed by atoms with Crippen molar-refractivity contribution in [1.82, 2.24) is 4.90 Å². The Morgan fingerprint density at radius 2 is 1.94 bits per heavy atom. The van der Waals surface area contributed by atoms with Crippen LogP contribution < -0.4 is 0 Å². The van der Waals surface area contributed by atoms with Gasteiger partial charge in [0.05, 0.1) is 24.7 Å². The molecular formula is C10H21NO4S. The van der Waals surface area contributed by atoms with Crippen LogP contribution in [0.1, 0.15) is 13.8 Å². The predicted octanol–water partition coefficient (Wildman–Crippen LogP) is -0.904. The third-order valence-corrected chi connectivity index (χ3v) is 4.95. The first-order chi connectivity index (χ1) is 7.32. The molecule has 6 heteroatoms. The van der Waals surface area contributed by atoms with Crippen LogP contribution in [0.3, 0.4) is 0 Å². The van der Waals surface area contributed by atoms with Gasteiger partial charge in [-0.2, -0.15) is 0 Å². The molecular weight excluding hydrogens is 230 g/mol. The fourth-order valence-electron chi connectivity index (χ4n) is 1.91. The van der Waals surface area contributed by atoms with Gasteiger partial charge in [0.2, 0.25) is 0 Å². The molecule has 1 saturated heterocycles. The minimum atomic E-state index is -2.90. The Kier molecular flexibility index (Phi) is 4.34. The number of hydrogen-bond donors (Lipinski definition) is 2. The maximum absolute atomic E-state index is 11.4. The summed E-state index contributed by atoms with van der Waals surface area (Å²) in [4.78, 5) is 2.02. The largest absolute Gasteiger partial charge is 0.396 e. The molecule has 5 nitrogen and oxygen atoms in total. The first-order valence-corrected chi connectivity index (χ1v) is 7.30. The van der Waals surface area contributed by atoms with Crippen LogP contribution in [0.4, 0.5) is 0 Å². The van der Waals surface area contributed by atoms with Crippen LogP contribution in [0.15, 0.2) is 0 Å². The second-order valence-corrected chi connectivity index (χ2v) is 7.29. The van der Waals surface area contributed by atoms with E-state index in [1.807, 2.05) is 11.8 Å². The number of hydrogen-bond acceptors (Lipinski definition) is 5. The minimum absolute atomic E-state index is 0.0452. The minimum Gasteiger partial charge on any atom is -0.396 e.